The molecule has 168 valence electrons. The lowest BCUT2D eigenvalue weighted by molar-refractivity contribution is -0.118. The second-order valence-corrected chi connectivity index (χ2v) is 9.91. The minimum atomic E-state index is -0.259. The Bertz CT molecular complexity index is 1400. The largest absolute Gasteiger partial charge is 0.350 e. The van der Waals surface area contributed by atoms with Gasteiger partial charge in [-0.3, -0.25) is 14.2 Å². The summed E-state index contributed by atoms with van der Waals surface area (Å²) in [5.41, 5.74) is 5.28. The molecule has 0 saturated heterocycles. The Morgan fingerprint density at radius 2 is 2.03 bits per heavy atom. The minimum absolute atomic E-state index is 0.0600. The van der Waals surface area contributed by atoms with Gasteiger partial charge < -0.3 is 4.57 Å². The molecule has 33 heavy (non-hydrogen) atoms. The van der Waals surface area contributed by atoms with Gasteiger partial charge in [-0.15, -0.1) is 11.3 Å². The normalized spacial score (nSPS) is 13.5. The van der Waals surface area contributed by atoms with Gasteiger partial charge in [0.15, 0.2) is 5.16 Å². The van der Waals surface area contributed by atoms with Crippen LogP contribution in [0, 0.1) is 0 Å². The summed E-state index contributed by atoms with van der Waals surface area (Å²) in [5.74, 6) is -0.162. The first-order valence-corrected chi connectivity index (χ1v) is 12.6. The number of hydrogen-bond donors (Lipinski definition) is 1. The van der Waals surface area contributed by atoms with Gasteiger partial charge in [-0.1, -0.05) is 30.0 Å². The summed E-state index contributed by atoms with van der Waals surface area (Å²) >= 11 is 2.86. The number of carbonyl (C=O) groups is 1. The molecule has 1 aliphatic rings. The van der Waals surface area contributed by atoms with E-state index >= 15 is 0 Å². The average Bonchev–Trinajstić information content (AvgIpc) is 3.41. The molecular weight excluding hydrogens is 454 g/mol. The highest BCUT2D eigenvalue weighted by Gasteiger charge is 2.23. The van der Waals surface area contributed by atoms with Gasteiger partial charge in [-0.05, 0) is 55.5 Å². The number of thioether (sulfide) groups is 1. The van der Waals surface area contributed by atoms with E-state index in [2.05, 4.69) is 10.5 Å². The number of hydrazone groups is 1. The maximum Gasteiger partial charge on any atom is 0.267 e. The summed E-state index contributed by atoms with van der Waals surface area (Å²) < 4.78 is 3.54. The van der Waals surface area contributed by atoms with Gasteiger partial charge in [0.25, 0.3) is 11.5 Å². The minimum Gasteiger partial charge on any atom is -0.350 e. The number of nitrogens with one attached hydrogen (secondary N) is 1. The fourth-order valence-corrected chi connectivity index (χ4v) is 6.14. The summed E-state index contributed by atoms with van der Waals surface area (Å²) in [6, 6.07) is 13.3. The third kappa shape index (κ3) is 4.38. The van der Waals surface area contributed by atoms with E-state index in [4.69, 9.17) is 4.98 Å². The van der Waals surface area contributed by atoms with Crippen LogP contribution >= 0.6 is 23.1 Å². The molecule has 9 heteroatoms. The van der Waals surface area contributed by atoms with Crippen molar-refractivity contribution < 1.29 is 4.79 Å². The van der Waals surface area contributed by atoms with Crippen LogP contribution in [-0.2, 0) is 24.7 Å². The molecule has 3 aromatic heterocycles. The molecule has 1 aliphatic carbocycles. The molecular formula is C24H23N5O2S2. The first-order chi connectivity index (χ1) is 16.1. The molecule has 5 rings (SSSR count). The van der Waals surface area contributed by atoms with Crippen LogP contribution in [0.4, 0.5) is 0 Å². The molecule has 7 nitrogen and oxygen atoms in total. The third-order valence-electron chi connectivity index (χ3n) is 5.67. The van der Waals surface area contributed by atoms with E-state index in [1.54, 1.807) is 22.1 Å². The number of aromatic nitrogens is 3. The number of nitrogens with zero attached hydrogens (tertiary/aromatic N) is 4. The maximum atomic E-state index is 13.7. The Morgan fingerprint density at radius 3 is 2.82 bits per heavy atom. The van der Waals surface area contributed by atoms with E-state index < -0.39 is 0 Å². The molecule has 4 aromatic rings. The summed E-state index contributed by atoms with van der Waals surface area (Å²) in [5, 5.41) is 5.28. The van der Waals surface area contributed by atoms with Crippen molar-refractivity contribution in [3.05, 3.63) is 75.1 Å². The van der Waals surface area contributed by atoms with Crippen LogP contribution in [0.1, 0.15) is 29.0 Å². The first-order valence-electron chi connectivity index (χ1n) is 10.8. The molecule has 0 bridgehead atoms. The van der Waals surface area contributed by atoms with Gasteiger partial charge in [-0.25, -0.2) is 10.4 Å². The Morgan fingerprint density at radius 1 is 1.21 bits per heavy atom. The fourth-order valence-electron chi connectivity index (χ4n) is 4.03. The number of hydrogen-bond acceptors (Lipinski definition) is 6. The molecule has 0 aliphatic heterocycles. The zero-order valence-electron chi connectivity index (χ0n) is 18.2. The lowest BCUT2D eigenvalue weighted by Gasteiger charge is -2.13. The van der Waals surface area contributed by atoms with Gasteiger partial charge in [0.2, 0.25) is 0 Å². The Kier molecular flexibility index (Phi) is 6.15. The molecule has 0 saturated carbocycles. The van der Waals surface area contributed by atoms with Crippen molar-refractivity contribution in [3.63, 3.8) is 0 Å². The average molecular weight is 478 g/mol. The molecule has 0 spiro atoms. The van der Waals surface area contributed by atoms with Gasteiger partial charge in [0.1, 0.15) is 4.83 Å². The molecule has 0 radical (unpaired) electrons. The van der Waals surface area contributed by atoms with Gasteiger partial charge in [0.05, 0.1) is 28.7 Å². The topological polar surface area (TPSA) is 81.3 Å². The molecule has 1 aromatic carbocycles. The fraction of sp³-hybridized carbons (Fsp3) is 0.250. The Labute approximate surface area is 199 Å². The zero-order valence-corrected chi connectivity index (χ0v) is 19.8. The highest BCUT2D eigenvalue weighted by atomic mass is 32.2. The van der Waals surface area contributed by atoms with Gasteiger partial charge in [-0.2, -0.15) is 5.10 Å². The third-order valence-corrected chi connectivity index (χ3v) is 7.80. The molecule has 0 unspecified atom stereocenters. The van der Waals surface area contributed by atoms with Crippen LogP contribution in [0.15, 0.2) is 63.7 Å². The number of fused-ring (bicyclic) bond motifs is 3. The lowest BCUT2D eigenvalue weighted by Crippen LogP contribution is -2.24. The highest BCUT2D eigenvalue weighted by Crippen LogP contribution is 2.35. The number of amides is 1. The van der Waals surface area contributed by atoms with Crippen molar-refractivity contribution in [2.45, 2.75) is 30.8 Å². The summed E-state index contributed by atoms with van der Waals surface area (Å²) in [6.07, 6.45) is 7.69. The van der Waals surface area contributed by atoms with E-state index in [1.807, 2.05) is 60.3 Å². The number of carbonyl (C=O) groups excluding carboxylic acids is 1. The molecule has 1 amide bonds. The Hall–Kier alpha value is -3.17. The number of benzene rings is 1. The first kappa shape index (κ1) is 21.7. The van der Waals surface area contributed by atoms with Crippen LogP contribution in [0.25, 0.3) is 15.9 Å². The second-order valence-electron chi connectivity index (χ2n) is 7.89. The molecule has 3 heterocycles. The lowest BCUT2D eigenvalue weighted by atomic mass is 9.97. The number of aryl methyl sites for hydroxylation is 3. The number of rotatable bonds is 6. The van der Waals surface area contributed by atoms with Gasteiger partial charge >= 0.3 is 0 Å². The summed E-state index contributed by atoms with van der Waals surface area (Å²) in [4.78, 5) is 33.0. The van der Waals surface area contributed by atoms with Crippen molar-refractivity contribution in [2.75, 3.05) is 5.75 Å². The van der Waals surface area contributed by atoms with Crippen molar-refractivity contribution >= 4 is 45.4 Å². The number of thiophene rings is 1. The van der Waals surface area contributed by atoms with E-state index in [0.717, 1.165) is 52.8 Å². The Balaban J connectivity index is 1.44. The van der Waals surface area contributed by atoms with E-state index in [1.165, 1.54) is 16.6 Å². The molecule has 0 fully saturated rings. The quantitative estimate of drug-likeness (QED) is 0.198. The van der Waals surface area contributed by atoms with Gasteiger partial charge in [0, 0.05) is 18.1 Å². The molecule has 0 atom stereocenters. The van der Waals surface area contributed by atoms with Crippen LogP contribution in [0.5, 0.6) is 0 Å². The highest BCUT2D eigenvalue weighted by molar-refractivity contribution is 7.99. The van der Waals surface area contributed by atoms with E-state index in [0.29, 0.717) is 5.16 Å². The maximum absolute atomic E-state index is 13.7. The van der Waals surface area contributed by atoms with Crippen LogP contribution in [0.2, 0.25) is 0 Å². The van der Waals surface area contributed by atoms with Crippen LogP contribution in [0.3, 0.4) is 0 Å². The standard InChI is InChI=1S/C24H23N5O2S2/c1-28-13-7-10-17(28)14-25-27-20(30)15-32-24-26-22-21(18-11-5-6-12-19(18)33-22)23(31)29(24)16-8-3-2-4-9-16/h2-4,7-10,13-14H,5-6,11-12,15H2,1H3,(H,27,30)/b25-14-. The van der Waals surface area contributed by atoms with Crippen LogP contribution in [-0.4, -0.2) is 32.0 Å². The zero-order chi connectivity index (χ0) is 22.8. The van der Waals surface area contributed by atoms with Crippen molar-refractivity contribution in [3.8, 4) is 5.69 Å². The van der Waals surface area contributed by atoms with Crippen molar-refractivity contribution in [2.24, 2.45) is 12.1 Å². The van der Waals surface area contributed by atoms with Crippen molar-refractivity contribution in [1.82, 2.24) is 19.5 Å². The predicted molar refractivity (Wildman–Crippen MR) is 134 cm³/mol. The molecule has 1 N–H and O–H groups in total. The van der Waals surface area contributed by atoms with E-state index in [9.17, 15) is 9.59 Å². The monoisotopic (exact) mass is 477 g/mol. The SMILES string of the molecule is Cn1cccc1/C=N\NC(=O)CSc1nc2sc3c(c2c(=O)n1-c1ccccc1)CCCC3. The van der Waals surface area contributed by atoms with E-state index in [-0.39, 0.29) is 17.2 Å². The van der Waals surface area contributed by atoms with Crippen molar-refractivity contribution in [1.29, 1.82) is 0 Å². The second kappa shape index (κ2) is 9.36. The predicted octanol–water partition coefficient (Wildman–Crippen LogP) is 3.91. The van der Waals surface area contributed by atoms with Crippen LogP contribution < -0.4 is 11.0 Å². The smallest absolute Gasteiger partial charge is 0.267 e. The number of para-hydroxylation sites is 1. The summed E-state index contributed by atoms with van der Waals surface area (Å²) in [7, 11) is 1.91. The summed E-state index contributed by atoms with van der Waals surface area (Å²) in [6.45, 7) is 0.